The van der Waals surface area contributed by atoms with E-state index in [-0.39, 0.29) is 18.6 Å². The summed E-state index contributed by atoms with van der Waals surface area (Å²) in [4.78, 5) is 12.3. The van der Waals surface area contributed by atoms with Crippen LogP contribution < -0.4 is 20.5 Å². The molecule has 0 saturated carbocycles. The summed E-state index contributed by atoms with van der Waals surface area (Å²) in [7, 11) is 2.99. The van der Waals surface area contributed by atoms with Crippen LogP contribution in [0.2, 0.25) is 0 Å². The zero-order valence-corrected chi connectivity index (χ0v) is 13.0. The summed E-state index contributed by atoms with van der Waals surface area (Å²) in [5.74, 6) is 0.923. The first-order chi connectivity index (χ1) is 9.92. The minimum absolute atomic E-state index is 0.114. The molecular weight excluding hydrogens is 272 g/mol. The lowest BCUT2D eigenvalue weighted by atomic mass is 10.0. The monoisotopic (exact) mass is 296 g/mol. The number of nitrogen functional groups attached to an aromatic ring is 1. The zero-order valence-electron chi connectivity index (χ0n) is 13.0. The number of ether oxygens (including phenoxy) is 2. The molecule has 0 aromatic heterocycles. The third kappa shape index (κ3) is 4.53. The van der Waals surface area contributed by atoms with Gasteiger partial charge < -0.3 is 25.6 Å². The number of anilines is 1. The Morgan fingerprint density at radius 1 is 1.29 bits per heavy atom. The van der Waals surface area contributed by atoms with Crippen molar-refractivity contribution in [1.29, 1.82) is 0 Å². The SMILES string of the molecule is COc1cc(N)c(C(=O)NC(CO)CC(C)C)cc1OC. The Kier molecular flexibility index (Phi) is 6.30. The van der Waals surface area contributed by atoms with Crippen LogP contribution in [-0.4, -0.2) is 37.9 Å². The van der Waals surface area contributed by atoms with E-state index in [1.54, 1.807) is 6.07 Å². The summed E-state index contributed by atoms with van der Waals surface area (Å²) in [6.45, 7) is 3.94. The number of aliphatic hydroxyl groups excluding tert-OH is 1. The molecule has 1 rings (SSSR count). The lowest BCUT2D eigenvalue weighted by molar-refractivity contribution is 0.0909. The average molecular weight is 296 g/mol. The Morgan fingerprint density at radius 3 is 2.33 bits per heavy atom. The molecule has 0 aliphatic carbocycles. The normalized spacial score (nSPS) is 12.1. The molecule has 1 unspecified atom stereocenters. The van der Waals surface area contributed by atoms with Crippen molar-refractivity contribution in [3.05, 3.63) is 17.7 Å². The van der Waals surface area contributed by atoms with Gasteiger partial charge in [-0.05, 0) is 18.4 Å². The van der Waals surface area contributed by atoms with Gasteiger partial charge in [0.25, 0.3) is 5.91 Å². The number of rotatable bonds is 7. The van der Waals surface area contributed by atoms with Gasteiger partial charge in [-0.3, -0.25) is 4.79 Å². The van der Waals surface area contributed by atoms with Gasteiger partial charge in [0.15, 0.2) is 11.5 Å². The molecule has 1 aromatic carbocycles. The molecule has 21 heavy (non-hydrogen) atoms. The second-order valence-corrected chi connectivity index (χ2v) is 5.28. The maximum absolute atomic E-state index is 12.3. The van der Waals surface area contributed by atoms with Crippen LogP contribution >= 0.6 is 0 Å². The van der Waals surface area contributed by atoms with Crippen molar-refractivity contribution in [2.24, 2.45) is 5.92 Å². The molecule has 1 aromatic rings. The zero-order chi connectivity index (χ0) is 16.0. The van der Waals surface area contributed by atoms with E-state index in [0.29, 0.717) is 35.1 Å². The van der Waals surface area contributed by atoms with Crippen LogP contribution in [0.1, 0.15) is 30.6 Å². The van der Waals surface area contributed by atoms with Crippen LogP contribution in [0.15, 0.2) is 12.1 Å². The second-order valence-electron chi connectivity index (χ2n) is 5.28. The van der Waals surface area contributed by atoms with E-state index in [0.717, 1.165) is 0 Å². The fourth-order valence-electron chi connectivity index (χ4n) is 2.10. The summed E-state index contributed by atoms with van der Waals surface area (Å²) in [5.41, 5.74) is 6.48. The van der Waals surface area contributed by atoms with Crippen LogP contribution in [-0.2, 0) is 0 Å². The highest BCUT2D eigenvalue weighted by molar-refractivity contribution is 6.00. The van der Waals surface area contributed by atoms with Crippen LogP contribution in [0.25, 0.3) is 0 Å². The Bertz CT molecular complexity index is 489. The molecule has 6 nitrogen and oxygen atoms in total. The van der Waals surface area contributed by atoms with Gasteiger partial charge in [0, 0.05) is 11.8 Å². The highest BCUT2D eigenvalue weighted by Crippen LogP contribution is 2.31. The minimum atomic E-state index is -0.340. The van der Waals surface area contributed by atoms with Gasteiger partial charge in [-0.15, -0.1) is 0 Å². The van der Waals surface area contributed by atoms with E-state index >= 15 is 0 Å². The summed E-state index contributed by atoms with van der Waals surface area (Å²) < 4.78 is 10.3. The van der Waals surface area contributed by atoms with Crippen molar-refractivity contribution in [2.45, 2.75) is 26.3 Å². The maximum Gasteiger partial charge on any atom is 0.253 e. The predicted molar refractivity (Wildman–Crippen MR) is 81.8 cm³/mol. The quantitative estimate of drug-likeness (QED) is 0.662. The largest absolute Gasteiger partial charge is 0.493 e. The highest BCUT2D eigenvalue weighted by atomic mass is 16.5. The van der Waals surface area contributed by atoms with Gasteiger partial charge in [0.2, 0.25) is 0 Å². The number of amides is 1. The topological polar surface area (TPSA) is 93.8 Å². The molecule has 0 fully saturated rings. The van der Waals surface area contributed by atoms with Crippen molar-refractivity contribution in [2.75, 3.05) is 26.6 Å². The third-order valence-electron chi connectivity index (χ3n) is 3.11. The Morgan fingerprint density at radius 2 is 1.86 bits per heavy atom. The number of carbonyl (C=O) groups excluding carboxylic acids is 1. The summed E-state index contributed by atoms with van der Waals surface area (Å²) in [5, 5.41) is 12.1. The van der Waals surface area contributed by atoms with Crippen molar-refractivity contribution in [3.63, 3.8) is 0 Å². The molecular formula is C15H24N2O4. The first-order valence-electron chi connectivity index (χ1n) is 6.86. The maximum atomic E-state index is 12.3. The molecule has 118 valence electrons. The first kappa shape index (κ1) is 17.1. The molecule has 0 aliphatic heterocycles. The Balaban J connectivity index is 2.96. The van der Waals surface area contributed by atoms with E-state index in [4.69, 9.17) is 15.2 Å². The average Bonchev–Trinajstić information content (AvgIpc) is 2.45. The Hall–Kier alpha value is -1.95. The van der Waals surface area contributed by atoms with Crippen LogP contribution in [0.4, 0.5) is 5.69 Å². The second kappa shape index (κ2) is 7.73. The van der Waals surface area contributed by atoms with Crippen molar-refractivity contribution in [1.82, 2.24) is 5.32 Å². The molecule has 0 saturated heterocycles. The summed E-state index contributed by atoms with van der Waals surface area (Å²) in [6.07, 6.45) is 0.690. The molecule has 1 atom stereocenters. The van der Waals surface area contributed by atoms with Gasteiger partial charge in [-0.2, -0.15) is 0 Å². The predicted octanol–water partition coefficient (Wildman–Crippen LogP) is 1.42. The van der Waals surface area contributed by atoms with E-state index in [1.807, 2.05) is 13.8 Å². The third-order valence-corrected chi connectivity index (χ3v) is 3.11. The number of methoxy groups -OCH3 is 2. The number of carbonyl (C=O) groups is 1. The van der Waals surface area contributed by atoms with Crippen molar-refractivity contribution >= 4 is 11.6 Å². The number of hydrogen-bond acceptors (Lipinski definition) is 5. The van der Waals surface area contributed by atoms with Crippen LogP contribution in [0.5, 0.6) is 11.5 Å². The van der Waals surface area contributed by atoms with Gasteiger partial charge in [-0.1, -0.05) is 13.8 Å². The van der Waals surface area contributed by atoms with E-state index in [1.165, 1.54) is 20.3 Å². The molecule has 6 heteroatoms. The fraction of sp³-hybridized carbons (Fsp3) is 0.533. The van der Waals surface area contributed by atoms with Crippen LogP contribution in [0, 0.1) is 5.92 Å². The van der Waals surface area contributed by atoms with E-state index in [2.05, 4.69) is 5.32 Å². The number of aliphatic hydroxyl groups is 1. The summed E-state index contributed by atoms with van der Waals surface area (Å²) in [6, 6.07) is 2.78. The lowest BCUT2D eigenvalue weighted by Gasteiger charge is -2.19. The van der Waals surface area contributed by atoms with E-state index in [9.17, 15) is 9.90 Å². The van der Waals surface area contributed by atoms with Crippen molar-refractivity contribution in [3.8, 4) is 11.5 Å². The number of nitrogens with two attached hydrogens (primary N) is 1. The summed E-state index contributed by atoms with van der Waals surface area (Å²) >= 11 is 0. The first-order valence-corrected chi connectivity index (χ1v) is 6.86. The number of nitrogens with one attached hydrogen (secondary N) is 1. The van der Waals surface area contributed by atoms with Gasteiger partial charge in [-0.25, -0.2) is 0 Å². The molecule has 1 amide bonds. The van der Waals surface area contributed by atoms with Crippen LogP contribution in [0.3, 0.4) is 0 Å². The molecule has 0 radical (unpaired) electrons. The standard InChI is InChI=1S/C15H24N2O4/c1-9(2)5-10(8-18)17-15(19)11-6-13(20-3)14(21-4)7-12(11)16/h6-7,9-10,18H,5,8,16H2,1-4H3,(H,17,19). The molecule has 4 N–H and O–H groups in total. The van der Waals surface area contributed by atoms with E-state index < -0.39 is 0 Å². The molecule has 0 heterocycles. The van der Waals surface area contributed by atoms with Gasteiger partial charge >= 0.3 is 0 Å². The lowest BCUT2D eigenvalue weighted by Crippen LogP contribution is -2.38. The Labute approximate surface area is 125 Å². The molecule has 0 aliphatic rings. The van der Waals surface area contributed by atoms with Gasteiger partial charge in [0.05, 0.1) is 32.4 Å². The van der Waals surface area contributed by atoms with Crippen molar-refractivity contribution < 1.29 is 19.4 Å². The number of benzene rings is 1. The molecule has 0 bridgehead atoms. The molecule has 0 spiro atoms. The fourth-order valence-corrected chi connectivity index (χ4v) is 2.10. The minimum Gasteiger partial charge on any atom is -0.493 e. The smallest absolute Gasteiger partial charge is 0.253 e. The van der Waals surface area contributed by atoms with Gasteiger partial charge in [0.1, 0.15) is 0 Å². The number of hydrogen-bond donors (Lipinski definition) is 3. The highest BCUT2D eigenvalue weighted by Gasteiger charge is 2.18.